The van der Waals surface area contributed by atoms with Crippen LogP contribution < -0.4 is 14.9 Å². The van der Waals surface area contributed by atoms with Gasteiger partial charge in [0, 0.05) is 44.1 Å². The van der Waals surface area contributed by atoms with E-state index in [9.17, 15) is 14.7 Å². The number of fused-ring (bicyclic) bond motifs is 1. The number of para-hydroxylation sites is 1. The Bertz CT molecular complexity index is 1530. The van der Waals surface area contributed by atoms with Gasteiger partial charge in [-0.2, -0.15) is 0 Å². The molecule has 0 spiro atoms. The van der Waals surface area contributed by atoms with Crippen LogP contribution in [-0.4, -0.2) is 47.4 Å². The lowest BCUT2D eigenvalue weighted by Gasteiger charge is -2.25. The molecule has 0 radical (unpaired) electrons. The number of phenolic OH excluding ortho intramolecular Hbond substituents is 1. The summed E-state index contributed by atoms with van der Waals surface area (Å²) in [6, 6.07) is 23.9. The highest BCUT2D eigenvalue weighted by Crippen LogP contribution is 2.32. The van der Waals surface area contributed by atoms with Crippen LogP contribution >= 0.6 is 11.9 Å². The molecule has 2 amide bonds. The molecule has 9 heteroatoms. The van der Waals surface area contributed by atoms with Gasteiger partial charge in [-0.1, -0.05) is 30.3 Å². The van der Waals surface area contributed by atoms with Gasteiger partial charge in [0.25, 0.3) is 11.8 Å². The molecule has 1 aliphatic rings. The van der Waals surface area contributed by atoms with Gasteiger partial charge in [-0.3, -0.25) is 13.9 Å². The Labute approximate surface area is 238 Å². The van der Waals surface area contributed by atoms with Crippen LogP contribution in [-0.2, 0) is 19.5 Å². The number of benzene rings is 3. The van der Waals surface area contributed by atoms with Crippen molar-refractivity contribution in [1.82, 2.24) is 15.2 Å². The molecule has 4 aromatic rings. The number of phenols is 1. The number of aromatic hydroxyl groups is 1. The summed E-state index contributed by atoms with van der Waals surface area (Å²) >= 11 is 1.34. The van der Waals surface area contributed by atoms with Crippen molar-refractivity contribution < 1.29 is 14.7 Å². The number of pyridine rings is 1. The highest BCUT2D eigenvalue weighted by Gasteiger charge is 2.15. The normalized spacial score (nSPS) is 12.8. The summed E-state index contributed by atoms with van der Waals surface area (Å²) in [6.07, 6.45) is 2.54. The van der Waals surface area contributed by atoms with Gasteiger partial charge in [-0.15, -0.1) is 0 Å². The third-order valence-electron chi connectivity index (χ3n) is 6.74. The fourth-order valence-corrected chi connectivity index (χ4v) is 5.32. The predicted molar refractivity (Wildman–Crippen MR) is 159 cm³/mol. The SMILES string of the molecule is CN1CCc2ccc(NC(=O)c3cccc(CNC(=O)c4ccc(N(C)Sc5ccccc5O)nc4)c3)cc2C1. The van der Waals surface area contributed by atoms with Crippen LogP contribution in [0.3, 0.4) is 0 Å². The number of nitrogens with zero attached hydrogens (tertiary/aromatic N) is 3. The third-order valence-corrected chi connectivity index (χ3v) is 7.75. The standard InChI is InChI=1S/C31H31N5O3S/c1-35-15-14-22-10-12-26(17-25(22)20-35)34-31(39)23-7-5-6-21(16-23)18-33-30(38)24-11-13-29(32-19-24)36(2)40-28-9-4-3-8-27(28)37/h3-13,16-17,19,37H,14-15,18,20H2,1-2H3,(H,33,38)(H,34,39). The molecule has 5 rings (SSSR count). The molecule has 2 heterocycles. The van der Waals surface area contributed by atoms with Crippen LogP contribution in [0.15, 0.2) is 90.0 Å². The molecule has 1 aliphatic heterocycles. The van der Waals surface area contributed by atoms with E-state index >= 15 is 0 Å². The lowest BCUT2D eigenvalue weighted by atomic mass is 9.99. The molecule has 0 atom stereocenters. The number of carbonyl (C=O) groups is 2. The number of aromatic nitrogens is 1. The second-order valence-electron chi connectivity index (χ2n) is 9.77. The minimum absolute atomic E-state index is 0.192. The third kappa shape index (κ3) is 6.62. The van der Waals surface area contributed by atoms with Gasteiger partial charge in [-0.25, -0.2) is 4.98 Å². The highest BCUT2D eigenvalue weighted by atomic mass is 32.2. The largest absolute Gasteiger partial charge is 0.507 e. The van der Waals surface area contributed by atoms with Crippen LogP contribution in [0.2, 0.25) is 0 Å². The van der Waals surface area contributed by atoms with Gasteiger partial charge in [0.2, 0.25) is 0 Å². The van der Waals surface area contributed by atoms with Crippen molar-refractivity contribution in [2.45, 2.75) is 24.4 Å². The van der Waals surface area contributed by atoms with Gasteiger partial charge >= 0.3 is 0 Å². The molecule has 40 heavy (non-hydrogen) atoms. The van der Waals surface area contributed by atoms with Gasteiger partial charge in [0.15, 0.2) is 0 Å². The second kappa shape index (κ2) is 12.2. The van der Waals surface area contributed by atoms with Crippen molar-refractivity contribution in [3.63, 3.8) is 0 Å². The molecule has 0 aliphatic carbocycles. The Hall–Kier alpha value is -4.34. The van der Waals surface area contributed by atoms with E-state index in [-0.39, 0.29) is 24.1 Å². The van der Waals surface area contributed by atoms with Crippen LogP contribution in [0, 0.1) is 0 Å². The van der Waals surface area contributed by atoms with Crippen molar-refractivity contribution in [2.75, 3.05) is 30.3 Å². The number of anilines is 2. The number of likely N-dealkylation sites (N-methyl/N-ethyl adjacent to an activating group) is 1. The zero-order chi connectivity index (χ0) is 28.1. The Kier molecular flexibility index (Phi) is 8.33. The smallest absolute Gasteiger partial charge is 0.255 e. The van der Waals surface area contributed by atoms with Gasteiger partial charge in [0.1, 0.15) is 11.6 Å². The van der Waals surface area contributed by atoms with E-state index in [0.717, 1.165) is 30.8 Å². The van der Waals surface area contributed by atoms with E-state index in [1.54, 1.807) is 36.4 Å². The van der Waals surface area contributed by atoms with Gasteiger partial charge < -0.3 is 20.6 Å². The van der Waals surface area contributed by atoms with Gasteiger partial charge in [-0.05, 0) is 90.6 Å². The molecule has 1 aromatic heterocycles. The Balaban J connectivity index is 1.16. The van der Waals surface area contributed by atoms with Crippen molar-refractivity contribution in [1.29, 1.82) is 0 Å². The summed E-state index contributed by atoms with van der Waals surface area (Å²) in [5.41, 5.74) is 5.12. The molecular formula is C31H31N5O3S. The number of rotatable bonds is 8. The van der Waals surface area contributed by atoms with Crippen molar-refractivity contribution in [3.8, 4) is 5.75 Å². The summed E-state index contributed by atoms with van der Waals surface area (Å²) in [4.78, 5) is 33.1. The summed E-state index contributed by atoms with van der Waals surface area (Å²) in [5, 5.41) is 15.9. The van der Waals surface area contributed by atoms with E-state index in [2.05, 4.69) is 33.6 Å². The molecular weight excluding hydrogens is 522 g/mol. The number of amides is 2. The number of nitrogens with one attached hydrogen (secondary N) is 2. The maximum Gasteiger partial charge on any atom is 0.255 e. The maximum atomic E-state index is 12.9. The number of carbonyl (C=O) groups excluding carboxylic acids is 2. The van der Waals surface area contributed by atoms with E-state index in [1.807, 2.05) is 47.8 Å². The van der Waals surface area contributed by atoms with Crippen molar-refractivity contribution >= 4 is 35.3 Å². The summed E-state index contributed by atoms with van der Waals surface area (Å²) in [5.74, 6) is 0.393. The average molecular weight is 554 g/mol. The zero-order valence-corrected chi connectivity index (χ0v) is 23.2. The summed E-state index contributed by atoms with van der Waals surface area (Å²) in [7, 11) is 3.94. The molecule has 0 bridgehead atoms. The summed E-state index contributed by atoms with van der Waals surface area (Å²) in [6.45, 7) is 2.19. The molecule has 204 valence electrons. The lowest BCUT2D eigenvalue weighted by Crippen LogP contribution is -2.26. The first-order chi connectivity index (χ1) is 19.4. The van der Waals surface area contributed by atoms with E-state index in [4.69, 9.17) is 0 Å². The molecule has 3 N–H and O–H groups in total. The van der Waals surface area contributed by atoms with Crippen molar-refractivity contribution in [3.05, 3.63) is 113 Å². The first-order valence-corrected chi connectivity index (χ1v) is 13.8. The first-order valence-electron chi connectivity index (χ1n) is 13.0. The molecule has 3 aromatic carbocycles. The fraction of sp³-hybridized carbons (Fsp3) is 0.194. The van der Waals surface area contributed by atoms with Crippen LogP contribution in [0.25, 0.3) is 0 Å². The predicted octanol–water partition coefficient (Wildman–Crippen LogP) is 5.10. The van der Waals surface area contributed by atoms with E-state index in [0.29, 0.717) is 21.8 Å². The maximum absolute atomic E-state index is 12.9. The molecule has 0 unspecified atom stereocenters. The monoisotopic (exact) mass is 553 g/mol. The van der Waals surface area contributed by atoms with Crippen molar-refractivity contribution in [2.24, 2.45) is 0 Å². The minimum atomic E-state index is -0.260. The highest BCUT2D eigenvalue weighted by molar-refractivity contribution is 8.00. The first kappa shape index (κ1) is 27.2. The molecule has 0 saturated carbocycles. The van der Waals surface area contributed by atoms with Gasteiger partial charge in [0.05, 0.1) is 10.5 Å². The topological polar surface area (TPSA) is 97.8 Å². The van der Waals surface area contributed by atoms with E-state index in [1.165, 1.54) is 29.3 Å². The lowest BCUT2D eigenvalue weighted by molar-refractivity contribution is 0.0950. The second-order valence-corrected chi connectivity index (χ2v) is 10.9. The average Bonchev–Trinajstić information content (AvgIpc) is 2.97. The number of hydrogen-bond donors (Lipinski definition) is 3. The summed E-state index contributed by atoms with van der Waals surface area (Å²) < 4.78 is 1.82. The molecule has 0 fully saturated rings. The number of hydrogen-bond acceptors (Lipinski definition) is 7. The Morgan fingerprint density at radius 1 is 0.975 bits per heavy atom. The Morgan fingerprint density at radius 3 is 2.62 bits per heavy atom. The van der Waals surface area contributed by atoms with E-state index < -0.39 is 0 Å². The molecule has 8 nitrogen and oxygen atoms in total. The zero-order valence-electron chi connectivity index (χ0n) is 22.4. The Morgan fingerprint density at radius 2 is 1.82 bits per heavy atom. The minimum Gasteiger partial charge on any atom is -0.507 e. The van der Waals surface area contributed by atoms with Crippen LogP contribution in [0.4, 0.5) is 11.5 Å². The van der Waals surface area contributed by atoms with Crippen LogP contribution in [0.5, 0.6) is 5.75 Å². The quantitative estimate of drug-likeness (QED) is 0.261. The fourth-order valence-electron chi connectivity index (χ4n) is 4.52. The van der Waals surface area contributed by atoms with Crippen LogP contribution in [0.1, 0.15) is 37.4 Å². The molecule has 0 saturated heterocycles.